The molecule has 7 heteroatoms. The lowest BCUT2D eigenvalue weighted by Crippen LogP contribution is -2.06. The standard InChI is InChI=1S/C24H22N4O2S/c1-29-23-13-19(15-27-28-24(26)31-17-18-7-3-2-4-8-18)11-12-22(23)30-16-21-10-6-5-9-20(21)14-25/h2-13,15H,16-17H2,1H3,(H2,26,28). The van der Waals surface area contributed by atoms with Crippen LogP contribution >= 0.6 is 11.8 Å². The van der Waals surface area contributed by atoms with E-state index >= 15 is 0 Å². The molecule has 6 nitrogen and oxygen atoms in total. The van der Waals surface area contributed by atoms with Crippen molar-refractivity contribution in [3.63, 3.8) is 0 Å². The summed E-state index contributed by atoms with van der Waals surface area (Å²) in [6, 6.07) is 25.0. The maximum atomic E-state index is 9.20. The number of methoxy groups -OCH3 is 1. The summed E-state index contributed by atoms with van der Waals surface area (Å²) in [5.74, 6) is 1.88. The predicted octanol–water partition coefficient (Wildman–Crippen LogP) is 4.73. The number of nitrogens with zero attached hydrogens (tertiary/aromatic N) is 3. The van der Waals surface area contributed by atoms with E-state index < -0.39 is 0 Å². The van der Waals surface area contributed by atoms with Gasteiger partial charge in [-0.05, 0) is 35.4 Å². The van der Waals surface area contributed by atoms with Crippen LogP contribution < -0.4 is 15.2 Å². The van der Waals surface area contributed by atoms with Crippen LogP contribution in [0, 0.1) is 11.3 Å². The second-order valence-corrected chi connectivity index (χ2v) is 7.42. The van der Waals surface area contributed by atoms with Crippen LogP contribution in [0.25, 0.3) is 0 Å². The number of hydrogen-bond acceptors (Lipinski definition) is 6. The van der Waals surface area contributed by atoms with E-state index in [0.29, 0.717) is 22.2 Å². The molecule has 0 aliphatic heterocycles. The van der Waals surface area contributed by atoms with Gasteiger partial charge in [-0.1, -0.05) is 60.3 Å². The predicted molar refractivity (Wildman–Crippen MR) is 125 cm³/mol. The zero-order valence-corrected chi connectivity index (χ0v) is 17.9. The molecule has 0 spiro atoms. The molecule has 0 saturated carbocycles. The molecule has 0 aromatic heterocycles. The molecule has 0 atom stereocenters. The lowest BCUT2D eigenvalue weighted by Gasteiger charge is -2.12. The number of ether oxygens (including phenoxy) is 2. The molecule has 0 aliphatic rings. The molecule has 3 aromatic carbocycles. The van der Waals surface area contributed by atoms with Crippen molar-refractivity contribution in [3.05, 3.63) is 95.1 Å². The molecular weight excluding hydrogens is 408 g/mol. The van der Waals surface area contributed by atoms with Gasteiger partial charge in [0.15, 0.2) is 16.7 Å². The first-order valence-corrected chi connectivity index (χ1v) is 10.5. The second kappa shape index (κ2) is 11.4. The highest BCUT2D eigenvalue weighted by atomic mass is 32.2. The van der Waals surface area contributed by atoms with E-state index in [0.717, 1.165) is 16.9 Å². The third kappa shape index (κ3) is 6.63. The third-order valence-corrected chi connectivity index (χ3v) is 5.16. The molecular formula is C24H22N4O2S. The van der Waals surface area contributed by atoms with Crippen molar-refractivity contribution in [2.24, 2.45) is 15.9 Å². The summed E-state index contributed by atoms with van der Waals surface area (Å²) in [4.78, 5) is 0. The van der Waals surface area contributed by atoms with Gasteiger partial charge < -0.3 is 15.2 Å². The Hall–Kier alpha value is -3.76. The Bertz CT molecular complexity index is 1110. The number of nitriles is 1. The summed E-state index contributed by atoms with van der Waals surface area (Å²) in [5, 5.41) is 17.7. The van der Waals surface area contributed by atoms with Gasteiger partial charge >= 0.3 is 0 Å². The summed E-state index contributed by atoms with van der Waals surface area (Å²) >= 11 is 1.43. The highest BCUT2D eigenvalue weighted by Gasteiger charge is 2.07. The zero-order valence-electron chi connectivity index (χ0n) is 17.1. The average Bonchev–Trinajstić information content (AvgIpc) is 2.82. The van der Waals surface area contributed by atoms with Gasteiger partial charge in [-0.2, -0.15) is 10.4 Å². The van der Waals surface area contributed by atoms with E-state index in [4.69, 9.17) is 15.2 Å². The van der Waals surface area contributed by atoms with Crippen molar-refractivity contribution in [1.82, 2.24) is 0 Å². The molecule has 31 heavy (non-hydrogen) atoms. The van der Waals surface area contributed by atoms with E-state index in [1.807, 2.05) is 54.6 Å². The first-order valence-electron chi connectivity index (χ1n) is 9.51. The molecule has 3 rings (SSSR count). The van der Waals surface area contributed by atoms with Crippen LogP contribution in [-0.4, -0.2) is 18.5 Å². The van der Waals surface area contributed by atoms with Gasteiger partial charge in [-0.15, -0.1) is 5.10 Å². The third-order valence-electron chi connectivity index (χ3n) is 4.30. The van der Waals surface area contributed by atoms with Crippen LogP contribution in [0.4, 0.5) is 0 Å². The van der Waals surface area contributed by atoms with Gasteiger partial charge in [-0.3, -0.25) is 0 Å². The van der Waals surface area contributed by atoms with Gasteiger partial charge in [0.05, 0.1) is 25.0 Å². The second-order valence-electron chi connectivity index (χ2n) is 6.43. The summed E-state index contributed by atoms with van der Waals surface area (Å²) in [6.45, 7) is 0.271. The van der Waals surface area contributed by atoms with Crippen molar-refractivity contribution in [2.75, 3.05) is 7.11 Å². The fraction of sp³-hybridized carbons (Fsp3) is 0.125. The highest BCUT2D eigenvalue weighted by molar-refractivity contribution is 8.13. The van der Waals surface area contributed by atoms with Crippen molar-refractivity contribution in [3.8, 4) is 17.6 Å². The minimum Gasteiger partial charge on any atom is -0.493 e. The van der Waals surface area contributed by atoms with E-state index in [-0.39, 0.29) is 6.61 Å². The largest absolute Gasteiger partial charge is 0.493 e. The summed E-state index contributed by atoms with van der Waals surface area (Å²) in [5.41, 5.74) is 9.29. The van der Waals surface area contributed by atoms with E-state index in [1.165, 1.54) is 17.3 Å². The number of nitrogens with two attached hydrogens (primary N) is 1. The van der Waals surface area contributed by atoms with Crippen molar-refractivity contribution < 1.29 is 9.47 Å². The fourth-order valence-electron chi connectivity index (χ4n) is 2.71. The summed E-state index contributed by atoms with van der Waals surface area (Å²) in [6.07, 6.45) is 1.60. The van der Waals surface area contributed by atoms with Crippen LogP contribution in [0.3, 0.4) is 0 Å². The molecule has 0 saturated heterocycles. The van der Waals surface area contributed by atoms with Crippen LogP contribution in [0.15, 0.2) is 83.0 Å². The topological polar surface area (TPSA) is 93.0 Å². The molecule has 0 unspecified atom stereocenters. The molecule has 0 bridgehead atoms. The normalized spacial score (nSPS) is 11.3. The Morgan fingerprint density at radius 1 is 1.06 bits per heavy atom. The maximum absolute atomic E-state index is 9.20. The van der Waals surface area contributed by atoms with Crippen molar-refractivity contribution in [1.29, 1.82) is 5.26 Å². The molecule has 0 fully saturated rings. The van der Waals surface area contributed by atoms with E-state index in [9.17, 15) is 5.26 Å². The SMILES string of the molecule is COc1cc(C=NN=C(N)SCc2ccccc2)ccc1OCc1ccccc1C#N. The van der Waals surface area contributed by atoms with Crippen LogP contribution in [0.2, 0.25) is 0 Å². The zero-order chi connectivity index (χ0) is 21.9. The number of amidine groups is 1. The van der Waals surface area contributed by atoms with E-state index in [2.05, 4.69) is 16.3 Å². The Kier molecular flexibility index (Phi) is 8.09. The number of rotatable bonds is 8. The Morgan fingerprint density at radius 3 is 2.61 bits per heavy atom. The lowest BCUT2D eigenvalue weighted by atomic mass is 10.1. The summed E-state index contributed by atoms with van der Waals surface area (Å²) < 4.78 is 11.3. The highest BCUT2D eigenvalue weighted by Crippen LogP contribution is 2.28. The quantitative estimate of drug-likeness (QED) is 0.317. The van der Waals surface area contributed by atoms with Gasteiger partial charge in [0.2, 0.25) is 0 Å². The van der Waals surface area contributed by atoms with Crippen LogP contribution in [0.5, 0.6) is 11.5 Å². The maximum Gasteiger partial charge on any atom is 0.180 e. The molecule has 0 amide bonds. The Morgan fingerprint density at radius 2 is 1.84 bits per heavy atom. The Balaban J connectivity index is 1.60. The fourth-order valence-corrected chi connectivity index (χ4v) is 3.32. The van der Waals surface area contributed by atoms with Gasteiger partial charge in [-0.25, -0.2) is 0 Å². The molecule has 156 valence electrons. The minimum atomic E-state index is 0.271. The molecule has 3 aromatic rings. The Labute approximate surface area is 186 Å². The molecule has 0 heterocycles. The van der Waals surface area contributed by atoms with Crippen LogP contribution in [-0.2, 0) is 12.4 Å². The molecule has 0 aliphatic carbocycles. The van der Waals surface area contributed by atoms with Gasteiger partial charge in [0.1, 0.15) is 6.61 Å². The first-order chi connectivity index (χ1) is 15.2. The van der Waals surface area contributed by atoms with Crippen molar-refractivity contribution >= 4 is 23.1 Å². The van der Waals surface area contributed by atoms with Gasteiger partial charge in [0, 0.05) is 11.3 Å². The number of hydrogen-bond donors (Lipinski definition) is 1. The monoisotopic (exact) mass is 430 g/mol. The number of thioether (sulfide) groups is 1. The first kappa shape index (κ1) is 21.9. The minimum absolute atomic E-state index is 0.271. The molecule has 0 radical (unpaired) electrons. The number of benzene rings is 3. The average molecular weight is 431 g/mol. The van der Waals surface area contributed by atoms with E-state index in [1.54, 1.807) is 31.5 Å². The smallest absolute Gasteiger partial charge is 0.180 e. The van der Waals surface area contributed by atoms with Crippen molar-refractivity contribution in [2.45, 2.75) is 12.4 Å². The summed E-state index contributed by atoms with van der Waals surface area (Å²) in [7, 11) is 1.57. The lowest BCUT2D eigenvalue weighted by molar-refractivity contribution is 0.284. The van der Waals surface area contributed by atoms with Gasteiger partial charge in [0.25, 0.3) is 0 Å². The van der Waals surface area contributed by atoms with Crippen LogP contribution in [0.1, 0.15) is 22.3 Å². The molecule has 2 N–H and O–H groups in total.